The zero-order valence-electron chi connectivity index (χ0n) is 5.49. The Balaban J connectivity index is 2.65. The lowest BCUT2D eigenvalue weighted by Gasteiger charge is -2.07. The van der Waals surface area contributed by atoms with E-state index in [0.29, 0.717) is 0 Å². The Bertz CT molecular complexity index is 157. The maximum Gasteiger partial charge on any atom is 0.129 e. The fourth-order valence-corrected chi connectivity index (χ4v) is 0.757. The molecule has 2 nitrogen and oxygen atoms in total. The molecule has 1 rings (SSSR count). The molecule has 2 heteroatoms. The van der Waals surface area contributed by atoms with Gasteiger partial charge in [0.05, 0.1) is 0 Å². The Hall–Kier alpha value is -0.760. The van der Waals surface area contributed by atoms with Crippen molar-refractivity contribution in [3.05, 3.63) is 24.5 Å². The molecule has 1 aromatic rings. The molecule has 0 aliphatic rings. The second-order valence-electron chi connectivity index (χ2n) is 2.02. The van der Waals surface area contributed by atoms with Gasteiger partial charge in [-0.25, -0.2) is 0 Å². The monoisotopic (exact) mass is 125 g/mol. The van der Waals surface area contributed by atoms with E-state index in [1.165, 1.54) is 0 Å². The lowest BCUT2D eigenvalue weighted by atomic mass is 10.4. The molecule has 0 aliphatic carbocycles. The Kier molecular flexibility index (Phi) is 1.90. The topological polar surface area (TPSA) is 25.2 Å². The molecule has 0 saturated carbocycles. The SMILES string of the molecule is CC[C@@H](O)n1cccc1. The standard InChI is InChI=1S/C7H11NO/c1-2-7(9)8-5-3-4-6-8/h3-7,9H,2H2,1H3/t7-/m1/s1. The summed E-state index contributed by atoms with van der Waals surface area (Å²) in [6.07, 6.45) is 4.12. The molecule has 1 aromatic heterocycles. The molecule has 50 valence electrons. The van der Waals surface area contributed by atoms with Gasteiger partial charge in [-0.15, -0.1) is 0 Å². The molecule has 9 heavy (non-hydrogen) atoms. The van der Waals surface area contributed by atoms with Gasteiger partial charge in [0.25, 0.3) is 0 Å². The Labute approximate surface area is 54.7 Å². The second kappa shape index (κ2) is 2.69. The summed E-state index contributed by atoms with van der Waals surface area (Å²) < 4.78 is 1.78. The van der Waals surface area contributed by atoms with Gasteiger partial charge in [-0.2, -0.15) is 0 Å². The average Bonchev–Trinajstić information content (AvgIpc) is 2.37. The molecule has 0 radical (unpaired) electrons. The minimum Gasteiger partial charge on any atom is -0.373 e. The van der Waals surface area contributed by atoms with Gasteiger partial charge in [0.1, 0.15) is 6.23 Å². The summed E-state index contributed by atoms with van der Waals surface area (Å²) in [7, 11) is 0. The van der Waals surface area contributed by atoms with E-state index >= 15 is 0 Å². The second-order valence-corrected chi connectivity index (χ2v) is 2.02. The highest BCUT2D eigenvalue weighted by Gasteiger charge is 1.97. The molecule has 1 atom stereocenters. The van der Waals surface area contributed by atoms with Crippen molar-refractivity contribution in [2.45, 2.75) is 19.6 Å². The van der Waals surface area contributed by atoms with E-state index in [-0.39, 0.29) is 6.23 Å². The normalized spacial score (nSPS) is 13.6. The van der Waals surface area contributed by atoms with E-state index < -0.39 is 0 Å². The zero-order chi connectivity index (χ0) is 6.69. The van der Waals surface area contributed by atoms with E-state index in [0.717, 1.165) is 6.42 Å². The third kappa shape index (κ3) is 1.33. The van der Waals surface area contributed by atoms with Crippen LogP contribution in [0.1, 0.15) is 19.6 Å². The Morgan fingerprint density at radius 3 is 2.44 bits per heavy atom. The van der Waals surface area contributed by atoms with E-state index in [1.807, 2.05) is 31.5 Å². The van der Waals surface area contributed by atoms with Gasteiger partial charge in [0.2, 0.25) is 0 Å². The summed E-state index contributed by atoms with van der Waals surface area (Å²) in [5.74, 6) is 0. The summed E-state index contributed by atoms with van der Waals surface area (Å²) in [4.78, 5) is 0. The van der Waals surface area contributed by atoms with Crippen molar-refractivity contribution in [2.24, 2.45) is 0 Å². The van der Waals surface area contributed by atoms with Crippen molar-refractivity contribution in [2.75, 3.05) is 0 Å². The predicted octanol–water partition coefficient (Wildman–Crippen LogP) is 1.39. The highest BCUT2D eigenvalue weighted by Crippen LogP contribution is 2.05. The van der Waals surface area contributed by atoms with Crippen molar-refractivity contribution < 1.29 is 5.11 Å². The number of hydrogen-bond acceptors (Lipinski definition) is 1. The van der Waals surface area contributed by atoms with Crippen LogP contribution >= 0.6 is 0 Å². The van der Waals surface area contributed by atoms with Crippen molar-refractivity contribution in [3.63, 3.8) is 0 Å². The van der Waals surface area contributed by atoms with Crippen LogP contribution in [0.15, 0.2) is 24.5 Å². The lowest BCUT2D eigenvalue weighted by molar-refractivity contribution is 0.100. The van der Waals surface area contributed by atoms with E-state index in [9.17, 15) is 5.11 Å². The maximum absolute atomic E-state index is 9.18. The fraction of sp³-hybridized carbons (Fsp3) is 0.429. The van der Waals surface area contributed by atoms with Crippen molar-refractivity contribution >= 4 is 0 Å². The lowest BCUT2D eigenvalue weighted by Crippen LogP contribution is -2.02. The van der Waals surface area contributed by atoms with Crippen LogP contribution in [0.2, 0.25) is 0 Å². The number of aliphatic hydroxyl groups is 1. The van der Waals surface area contributed by atoms with E-state index in [2.05, 4.69) is 0 Å². The third-order valence-electron chi connectivity index (χ3n) is 1.34. The van der Waals surface area contributed by atoms with Crippen LogP contribution in [0.4, 0.5) is 0 Å². The number of aromatic nitrogens is 1. The van der Waals surface area contributed by atoms with Gasteiger partial charge >= 0.3 is 0 Å². The molecule has 0 spiro atoms. The minimum absolute atomic E-state index is 0.347. The van der Waals surface area contributed by atoms with Crippen LogP contribution in [-0.4, -0.2) is 9.67 Å². The van der Waals surface area contributed by atoms with Gasteiger partial charge in [0, 0.05) is 12.4 Å². The van der Waals surface area contributed by atoms with Gasteiger partial charge in [-0.1, -0.05) is 6.92 Å². The average molecular weight is 125 g/mol. The van der Waals surface area contributed by atoms with E-state index in [4.69, 9.17) is 0 Å². The number of rotatable bonds is 2. The minimum atomic E-state index is -0.347. The number of aliphatic hydroxyl groups excluding tert-OH is 1. The van der Waals surface area contributed by atoms with Crippen LogP contribution < -0.4 is 0 Å². The first kappa shape index (κ1) is 6.36. The van der Waals surface area contributed by atoms with Gasteiger partial charge < -0.3 is 9.67 Å². The summed E-state index contributed by atoms with van der Waals surface area (Å²) >= 11 is 0. The molecule has 0 amide bonds. The van der Waals surface area contributed by atoms with Crippen LogP contribution in [0.25, 0.3) is 0 Å². The van der Waals surface area contributed by atoms with Gasteiger partial charge in [-0.3, -0.25) is 0 Å². The first-order valence-electron chi connectivity index (χ1n) is 3.15. The fourth-order valence-electron chi connectivity index (χ4n) is 0.757. The van der Waals surface area contributed by atoms with Crippen molar-refractivity contribution in [3.8, 4) is 0 Å². The van der Waals surface area contributed by atoms with Gasteiger partial charge in [0.15, 0.2) is 0 Å². The Morgan fingerprint density at radius 2 is 2.00 bits per heavy atom. The molecule has 0 bridgehead atoms. The molecule has 0 saturated heterocycles. The van der Waals surface area contributed by atoms with Crippen LogP contribution in [-0.2, 0) is 0 Å². The van der Waals surface area contributed by atoms with Gasteiger partial charge in [-0.05, 0) is 18.6 Å². The molecule has 0 aromatic carbocycles. The van der Waals surface area contributed by atoms with Crippen LogP contribution in [0.5, 0.6) is 0 Å². The van der Waals surface area contributed by atoms with E-state index in [1.54, 1.807) is 4.57 Å². The number of hydrogen-bond donors (Lipinski definition) is 1. The highest BCUT2D eigenvalue weighted by atomic mass is 16.3. The third-order valence-corrected chi connectivity index (χ3v) is 1.34. The predicted molar refractivity (Wildman–Crippen MR) is 36.0 cm³/mol. The van der Waals surface area contributed by atoms with Crippen molar-refractivity contribution in [1.29, 1.82) is 0 Å². The summed E-state index contributed by atoms with van der Waals surface area (Å²) in [5.41, 5.74) is 0. The summed E-state index contributed by atoms with van der Waals surface area (Å²) in [6, 6.07) is 3.80. The molecule has 0 aliphatic heterocycles. The highest BCUT2D eigenvalue weighted by molar-refractivity contribution is 4.91. The molecular weight excluding hydrogens is 114 g/mol. The molecule has 0 unspecified atom stereocenters. The summed E-state index contributed by atoms with van der Waals surface area (Å²) in [6.45, 7) is 1.95. The quantitative estimate of drug-likeness (QED) is 0.634. The molecule has 1 heterocycles. The first-order valence-corrected chi connectivity index (χ1v) is 3.15. The largest absolute Gasteiger partial charge is 0.373 e. The molecular formula is C7H11NO. The smallest absolute Gasteiger partial charge is 0.129 e. The Morgan fingerprint density at radius 1 is 1.44 bits per heavy atom. The molecule has 1 N–H and O–H groups in total. The summed E-state index contributed by atoms with van der Waals surface area (Å²) in [5, 5.41) is 9.18. The maximum atomic E-state index is 9.18. The number of nitrogens with zero attached hydrogens (tertiary/aromatic N) is 1. The molecule has 0 fully saturated rings. The van der Waals surface area contributed by atoms with Crippen LogP contribution in [0.3, 0.4) is 0 Å². The van der Waals surface area contributed by atoms with Crippen molar-refractivity contribution in [1.82, 2.24) is 4.57 Å². The zero-order valence-corrected chi connectivity index (χ0v) is 5.49. The first-order chi connectivity index (χ1) is 4.34. The van der Waals surface area contributed by atoms with Crippen LogP contribution in [0, 0.1) is 0 Å².